The van der Waals surface area contributed by atoms with E-state index in [2.05, 4.69) is 42.5 Å². The molecule has 0 bridgehead atoms. The van der Waals surface area contributed by atoms with Crippen LogP contribution in [-0.2, 0) is 0 Å². The lowest BCUT2D eigenvalue weighted by atomic mass is 10.2. The highest BCUT2D eigenvalue weighted by atomic mass is 15.2. The zero-order valence-corrected chi connectivity index (χ0v) is 11.8. The molecule has 1 aliphatic heterocycles. The molecule has 0 aromatic carbocycles. The van der Waals surface area contributed by atoms with Gasteiger partial charge in [0.2, 0.25) is 0 Å². The van der Waals surface area contributed by atoms with Gasteiger partial charge < -0.3 is 5.32 Å². The molecule has 100 valence electrons. The van der Waals surface area contributed by atoms with Gasteiger partial charge >= 0.3 is 0 Å². The number of likely N-dealkylation sites (tertiary alicyclic amines) is 1. The van der Waals surface area contributed by atoms with Crippen molar-refractivity contribution in [2.75, 3.05) is 45.8 Å². The molecule has 0 radical (unpaired) electrons. The molecule has 0 saturated carbocycles. The Morgan fingerprint density at radius 1 is 1.35 bits per heavy atom. The van der Waals surface area contributed by atoms with E-state index in [4.69, 9.17) is 0 Å². The SMILES string of the molecule is C=C(CNCC)CN1CCC(N(CC)CC)C1. The van der Waals surface area contributed by atoms with E-state index in [1.807, 2.05) is 0 Å². The normalized spacial score (nSPS) is 21.3. The van der Waals surface area contributed by atoms with Crippen LogP contribution in [0.3, 0.4) is 0 Å². The zero-order valence-electron chi connectivity index (χ0n) is 11.8. The van der Waals surface area contributed by atoms with Gasteiger partial charge in [-0.25, -0.2) is 0 Å². The van der Waals surface area contributed by atoms with Gasteiger partial charge in [0.1, 0.15) is 0 Å². The molecule has 0 aromatic heterocycles. The highest BCUT2D eigenvalue weighted by Crippen LogP contribution is 2.16. The molecule has 1 rings (SSSR count). The molecular formula is C14H29N3. The van der Waals surface area contributed by atoms with E-state index in [9.17, 15) is 0 Å². The van der Waals surface area contributed by atoms with E-state index in [0.29, 0.717) is 0 Å². The zero-order chi connectivity index (χ0) is 12.7. The summed E-state index contributed by atoms with van der Waals surface area (Å²) in [6.07, 6.45) is 1.32. The Morgan fingerprint density at radius 2 is 2.06 bits per heavy atom. The molecule has 1 unspecified atom stereocenters. The van der Waals surface area contributed by atoms with Crippen LogP contribution in [0, 0.1) is 0 Å². The third-order valence-corrected chi connectivity index (χ3v) is 3.65. The van der Waals surface area contributed by atoms with E-state index >= 15 is 0 Å². The van der Waals surface area contributed by atoms with E-state index in [0.717, 1.165) is 25.7 Å². The summed E-state index contributed by atoms with van der Waals surface area (Å²) >= 11 is 0. The van der Waals surface area contributed by atoms with Gasteiger partial charge in [0.05, 0.1) is 0 Å². The first kappa shape index (κ1) is 14.7. The third kappa shape index (κ3) is 4.78. The predicted octanol–water partition coefficient (Wildman–Crippen LogP) is 1.57. The van der Waals surface area contributed by atoms with E-state index in [-0.39, 0.29) is 0 Å². The Hall–Kier alpha value is -0.380. The number of hydrogen-bond donors (Lipinski definition) is 1. The quantitative estimate of drug-likeness (QED) is 0.649. The van der Waals surface area contributed by atoms with Crippen molar-refractivity contribution in [2.45, 2.75) is 33.2 Å². The predicted molar refractivity (Wildman–Crippen MR) is 75.4 cm³/mol. The van der Waals surface area contributed by atoms with Crippen molar-refractivity contribution in [1.29, 1.82) is 0 Å². The fourth-order valence-electron chi connectivity index (χ4n) is 2.67. The lowest BCUT2D eigenvalue weighted by Crippen LogP contribution is -2.37. The van der Waals surface area contributed by atoms with E-state index < -0.39 is 0 Å². The fourth-order valence-corrected chi connectivity index (χ4v) is 2.67. The van der Waals surface area contributed by atoms with Crippen molar-refractivity contribution in [3.8, 4) is 0 Å². The average molecular weight is 239 g/mol. The largest absolute Gasteiger partial charge is 0.313 e. The van der Waals surface area contributed by atoms with Crippen LogP contribution < -0.4 is 5.32 Å². The average Bonchev–Trinajstić information content (AvgIpc) is 2.76. The maximum atomic E-state index is 4.15. The Kier molecular flexibility index (Phi) is 6.78. The summed E-state index contributed by atoms with van der Waals surface area (Å²) in [5.41, 5.74) is 1.31. The van der Waals surface area contributed by atoms with Crippen molar-refractivity contribution in [3.05, 3.63) is 12.2 Å². The summed E-state index contributed by atoms with van der Waals surface area (Å²) < 4.78 is 0. The second-order valence-corrected chi connectivity index (χ2v) is 4.93. The maximum Gasteiger partial charge on any atom is 0.0235 e. The standard InChI is InChI=1S/C14H29N3/c1-5-15-10-13(4)11-16-9-8-14(12-16)17(6-2)7-3/h14-15H,4-12H2,1-3H3. The van der Waals surface area contributed by atoms with Crippen LogP contribution in [0.25, 0.3) is 0 Å². The lowest BCUT2D eigenvalue weighted by Gasteiger charge is -2.26. The molecule has 0 amide bonds. The lowest BCUT2D eigenvalue weighted by molar-refractivity contribution is 0.214. The molecule has 1 saturated heterocycles. The second kappa shape index (κ2) is 7.85. The molecule has 3 nitrogen and oxygen atoms in total. The van der Waals surface area contributed by atoms with Crippen LogP contribution in [0.2, 0.25) is 0 Å². The van der Waals surface area contributed by atoms with E-state index in [1.165, 1.54) is 38.2 Å². The molecule has 0 aliphatic carbocycles. The van der Waals surface area contributed by atoms with Gasteiger partial charge in [-0.1, -0.05) is 27.4 Å². The number of nitrogens with one attached hydrogen (secondary N) is 1. The Bertz CT molecular complexity index is 224. The van der Waals surface area contributed by atoms with Crippen molar-refractivity contribution >= 4 is 0 Å². The van der Waals surface area contributed by atoms with Crippen LogP contribution >= 0.6 is 0 Å². The third-order valence-electron chi connectivity index (χ3n) is 3.65. The maximum absolute atomic E-state index is 4.15. The number of rotatable bonds is 8. The molecule has 0 aromatic rings. The smallest absolute Gasteiger partial charge is 0.0235 e. The minimum Gasteiger partial charge on any atom is -0.313 e. The van der Waals surface area contributed by atoms with Crippen molar-refractivity contribution in [2.24, 2.45) is 0 Å². The van der Waals surface area contributed by atoms with Crippen LogP contribution in [-0.4, -0.2) is 61.7 Å². The minimum absolute atomic E-state index is 0.761. The minimum atomic E-state index is 0.761. The molecule has 1 atom stereocenters. The monoisotopic (exact) mass is 239 g/mol. The highest BCUT2D eigenvalue weighted by molar-refractivity contribution is 5.01. The summed E-state index contributed by atoms with van der Waals surface area (Å²) in [6, 6.07) is 0.761. The van der Waals surface area contributed by atoms with Gasteiger partial charge in [-0.2, -0.15) is 0 Å². The molecule has 17 heavy (non-hydrogen) atoms. The molecule has 1 fully saturated rings. The number of hydrogen-bond acceptors (Lipinski definition) is 3. The summed E-state index contributed by atoms with van der Waals surface area (Å²) in [5, 5.41) is 3.34. The van der Waals surface area contributed by atoms with Gasteiger partial charge in [-0.05, 0) is 31.6 Å². The summed E-state index contributed by atoms with van der Waals surface area (Å²) in [4.78, 5) is 5.12. The Morgan fingerprint density at radius 3 is 2.65 bits per heavy atom. The summed E-state index contributed by atoms with van der Waals surface area (Å²) in [7, 11) is 0. The molecule has 1 N–H and O–H groups in total. The highest BCUT2D eigenvalue weighted by Gasteiger charge is 2.25. The van der Waals surface area contributed by atoms with Gasteiger partial charge in [0, 0.05) is 32.2 Å². The topological polar surface area (TPSA) is 18.5 Å². The molecule has 1 aliphatic rings. The number of nitrogens with zero attached hydrogens (tertiary/aromatic N) is 2. The number of likely N-dealkylation sites (N-methyl/N-ethyl adjacent to an activating group) is 2. The second-order valence-electron chi connectivity index (χ2n) is 4.93. The Balaban J connectivity index is 2.27. The van der Waals surface area contributed by atoms with Gasteiger partial charge in [0.25, 0.3) is 0 Å². The molecule has 0 spiro atoms. The van der Waals surface area contributed by atoms with Crippen LogP contribution in [0.4, 0.5) is 0 Å². The van der Waals surface area contributed by atoms with Crippen LogP contribution in [0.1, 0.15) is 27.2 Å². The molecule has 3 heteroatoms. The van der Waals surface area contributed by atoms with Crippen LogP contribution in [0.15, 0.2) is 12.2 Å². The molecular weight excluding hydrogens is 210 g/mol. The van der Waals surface area contributed by atoms with Crippen molar-refractivity contribution in [3.63, 3.8) is 0 Å². The first-order valence-electron chi connectivity index (χ1n) is 7.04. The van der Waals surface area contributed by atoms with Gasteiger partial charge in [0.15, 0.2) is 0 Å². The van der Waals surface area contributed by atoms with Gasteiger partial charge in [-0.15, -0.1) is 0 Å². The summed E-state index contributed by atoms with van der Waals surface area (Å²) in [5.74, 6) is 0. The van der Waals surface area contributed by atoms with Crippen molar-refractivity contribution < 1.29 is 0 Å². The summed E-state index contributed by atoms with van der Waals surface area (Å²) in [6.45, 7) is 18.6. The van der Waals surface area contributed by atoms with Gasteiger partial charge in [-0.3, -0.25) is 9.80 Å². The fraction of sp³-hybridized carbons (Fsp3) is 0.857. The first-order valence-corrected chi connectivity index (χ1v) is 7.04. The van der Waals surface area contributed by atoms with E-state index in [1.54, 1.807) is 0 Å². The Labute approximate surface area is 107 Å². The first-order chi connectivity index (χ1) is 8.21. The van der Waals surface area contributed by atoms with Crippen molar-refractivity contribution in [1.82, 2.24) is 15.1 Å². The molecule has 1 heterocycles. The van der Waals surface area contributed by atoms with Crippen LogP contribution in [0.5, 0.6) is 0 Å².